The van der Waals surface area contributed by atoms with E-state index >= 15 is 0 Å². The van der Waals surface area contributed by atoms with Gasteiger partial charge in [-0.15, -0.1) is 0 Å². The predicted molar refractivity (Wildman–Crippen MR) is 131 cm³/mol. The summed E-state index contributed by atoms with van der Waals surface area (Å²) in [5.74, 6) is -0.833. The van der Waals surface area contributed by atoms with Crippen molar-refractivity contribution in [2.45, 2.75) is 0 Å². The fourth-order valence-corrected chi connectivity index (χ4v) is 5.63. The highest BCUT2D eigenvalue weighted by molar-refractivity contribution is 7.22. The number of halogens is 3. The molecule has 0 spiro atoms. The lowest BCUT2D eigenvalue weighted by Crippen LogP contribution is -2.49. The number of nitrogen functional groups attached to an aromatic ring is 1. The molecule has 0 bridgehead atoms. The lowest BCUT2D eigenvalue weighted by atomic mass is 10.00. The van der Waals surface area contributed by atoms with E-state index in [9.17, 15) is 14.0 Å². The summed E-state index contributed by atoms with van der Waals surface area (Å²) in [6, 6.07) is 4.31. The van der Waals surface area contributed by atoms with Crippen LogP contribution in [0.1, 0.15) is 10.4 Å². The molecule has 2 aromatic carbocycles. The molecule has 3 heterocycles. The number of aromatic nitrogens is 1. The third-order valence-electron chi connectivity index (χ3n) is 5.76. The third-order valence-corrected chi connectivity index (χ3v) is 7.31. The molecule has 11 heteroatoms. The summed E-state index contributed by atoms with van der Waals surface area (Å²) in [5.41, 5.74) is 7.83. The average molecular weight is 519 g/mol. The molecule has 174 valence electrons. The number of benzene rings is 2. The fourth-order valence-electron chi connectivity index (χ4n) is 4.16. The SMILES string of the molecule is C=CC(=O)N1CCN2C(=O)c3cc(Cl)c(-c4ccc(F)c5sc(N)nc45)c(Cl)c3OC/C=C\2C1. The first-order valence-corrected chi connectivity index (χ1v) is 11.8. The monoisotopic (exact) mass is 518 g/mol. The van der Waals surface area contributed by atoms with E-state index in [4.69, 9.17) is 33.7 Å². The van der Waals surface area contributed by atoms with Crippen LogP contribution >= 0.6 is 34.5 Å². The molecule has 3 aromatic rings. The summed E-state index contributed by atoms with van der Waals surface area (Å²) >= 11 is 14.4. The number of nitrogens with zero attached hydrogens (tertiary/aromatic N) is 3. The number of carbonyl (C=O) groups excluding carboxylic acids is 2. The molecule has 2 N–H and O–H groups in total. The number of amides is 2. The van der Waals surface area contributed by atoms with Gasteiger partial charge in [-0.2, -0.15) is 0 Å². The number of hydrogen-bond acceptors (Lipinski definition) is 6. The van der Waals surface area contributed by atoms with Crippen molar-refractivity contribution in [3.8, 4) is 16.9 Å². The largest absolute Gasteiger partial charge is 0.487 e. The molecular formula is C23H17Cl2FN4O3S. The van der Waals surface area contributed by atoms with Gasteiger partial charge in [0.2, 0.25) is 5.91 Å². The van der Waals surface area contributed by atoms with Crippen LogP contribution in [0.2, 0.25) is 10.0 Å². The van der Waals surface area contributed by atoms with E-state index in [0.29, 0.717) is 35.4 Å². The van der Waals surface area contributed by atoms with Crippen molar-refractivity contribution >= 4 is 61.7 Å². The van der Waals surface area contributed by atoms with Crippen LogP contribution in [0.15, 0.2) is 42.6 Å². The van der Waals surface area contributed by atoms with Crippen molar-refractivity contribution in [3.05, 3.63) is 64.1 Å². The Labute approximate surface area is 207 Å². The Bertz CT molecular complexity index is 1420. The minimum absolute atomic E-state index is 0.117. The minimum atomic E-state index is -0.454. The van der Waals surface area contributed by atoms with Crippen molar-refractivity contribution in [2.75, 3.05) is 32.0 Å². The summed E-state index contributed by atoms with van der Waals surface area (Å²) < 4.78 is 20.5. The lowest BCUT2D eigenvalue weighted by molar-refractivity contribution is -0.126. The summed E-state index contributed by atoms with van der Waals surface area (Å²) in [6.07, 6.45) is 2.99. The van der Waals surface area contributed by atoms with E-state index in [0.717, 1.165) is 11.3 Å². The van der Waals surface area contributed by atoms with Gasteiger partial charge in [0.15, 0.2) is 10.9 Å². The number of nitrogens with two attached hydrogens (primary N) is 1. The molecule has 2 aliphatic heterocycles. The Morgan fingerprint density at radius 1 is 1.29 bits per heavy atom. The first kappa shape index (κ1) is 22.6. The first-order valence-electron chi connectivity index (χ1n) is 10.2. The normalized spacial score (nSPS) is 17.3. The van der Waals surface area contributed by atoms with E-state index < -0.39 is 5.82 Å². The zero-order valence-electron chi connectivity index (χ0n) is 17.6. The van der Waals surface area contributed by atoms with Gasteiger partial charge in [0.25, 0.3) is 5.91 Å². The molecule has 1 saturated heterocycles. The van der Waals surface area contributed by atoms with E-state index in [1.54, 1.807) is 15.9 Å². The van der Waals surface area contributed by atoms with Gasteiger partial charge in [0.1, 0.15) is 12.4 Å². The second-order valence-corrected chi connectivity index (χ2v) is 9.49. The average Bonchev–Trinajstić information content (AvgIpc) is 3.22. The number of hydrogen-bond donors (Lipinski definition) is 1. The van der Waals surface area contributed by atoms with E-state index in [1.807, 2.05) is 0 Å². The zero-order chi connectivity index (χ0) is 24.1. The van der Waals surface area contributed by atoms with Crippen molar-refractivity contribution < 1.29 is 18.7 Å². The van der Waals surface area contributed by atoms with Crippen LogP contribution in [0.3, 0.4) is 0 Å². The first-order chi connectivity index (χ1) is 16.3. The number of fused-ring (bicyclic) bond motifs is 3. The molecule has 0 radical (unpaired) electrons. The highest BCUT2D eigenvalue weighted by atomic mass is 35.5. The maximum absolute atomic E-state index is 14.3. The summed E-state index contributed by atoms with van der Waals surface area (Å²) in [4.78, 5) is 32.9. The smallest absolute Gasteiger partial charge is 0.262 e. The highest BCUT2D eigenvalue weighted by Gasteiger charge is 2.33. The molecule has 0 saturated carbocycles. The van der Waals surface area contributed by atoms with Crippen molar-refractivity contribution in [3.63, 3.8) is 0 Å². The van der Waals surface area contributed by atoms with Gasteiger partial charge < -0.3 is 20.3 Å². The molecule has 0 aliphatic carbocycles. The number of carbonyl (C=O) groups is 2. The van der Waals surface area contributed by atoms with Gasteiger partial charge in [-0.05, 0) is 30.4 Å². The van der Waals surface area contributed by atoms with Crippen LogP contribution < -0.4 is 10.5 Å². The van der Waals surface area contributed by atoms with E-state index in [2.05, 4.69) is 11.6 Å². The third kappa shape index (κ3) is 3.60. The van der Waals surface area contributed by atoms with Crippen LogP contribution in [0.25, 0.3) is 21.3 Å². The zero-order valence-corrected chi connectivity index (χ0v) is 19.9. The Balaban J connectivity index is 1.60. The lowest BCUT2D eigenvalue weighted by Gasteiger charge is -2.37. The molecule has 0 atom stereocenters. The predicted octanol–water partition coefficient (Wildman–Crippen LogP) is 4.74. The summed E-state index contributed by atoms with van der Waals surface area (Å²) in [5, 5.41) is 0.511. The highest BCUT2D eigenvalue weighted by Crippen LogP contribution is 2.47. The van der Waals surface area contributed by atoms with Gasteiger partial charge in [-0.3, -0.25) is 9.59 Å². The summed E-state index contributed by atoms with van der Waals surface area (Å²) in [6.45, 7) is 4.56. The minimum Gasteiger partial charge on any atom is -0.487 e. The Kier molecular flexibility index (Phi) is 5.71. The molecule has 5 rings (SSSR count). The Morgan fingerprint density at radius 3 is 2.85 bits per heavy atom. The molecule has 1 aromatic heterocycles. The number of ether oxygens (including phenoxy) is 1. The summed E-state index contributed by atoms with van der Waals surface area (Å²) in [7, 11) is 0. The van der Waals surface area contributed by atoms with Gasteiger partial charge in [-0.1, -0.05) is 41.1 Å². The number of rotatable bonds is 2. The number of piperazine rings is 1. The molecular weight excluding hydrogens is 502 g/mol. The fraction of sp³-hybridized carbons (Fsp3) is 0.174. The van der Waals surface area contributed by atoms with Crippen LogP contribution in [-0.4, -0.2) is 52.8 Å². The standard InChI is InChI=1S/C23H17Cl2FN4O3S/c1-2-16(31)29-6-7-30-11(10-29)5-8-33-20-13(22(30)32)9-14(24)17(18(20)25)12-3-4-15(26)21-19(12)28-23(27)34-21/h2-5,9H,1,6-8,10H2,(H2,27,28)/b11-5-. The molecule has 2 aliphatic rings. The molecule has 1 fully saturated rings. The molecule has 34 heavy (non-hydrogen) atoms. The van der Waals surface area contributed by atoms with Crippen LogP contribution in [0, 0.1) is 5.82 Å². The number of thiazole rings is 1. The molecule has 7 nitrogen and oxygen atoms in total. The van der Waals surface area contributed by atoms with Crippen molar-refractivity contribution in [1.29, 1.82) is 0 Å². The van der Waals surface area contributed by atoms with Crippen molar-refractivity contribution in [1.82, 2.24) is 14.8 Å². The molecule has 2 amide bonds. The maximum Gasteiger partial charge on any atom is 0.262 e. The molecule has 0 unspecified atom stereocenters. The Hall–Kier alpha value is -3.14. The van der Waals surface area contributed by atoms with Crippen LogP contribution in [0.4, 0.5) is 9.52 Å². The van der Waals surface area contributed by atoms with Gasteiger partial charge in [0.05, 0.1) is 32.4 Å². The van der Waals surface area contributed by atoms with Gasteiger partial charge in [-0.25, -0.2) is 9.37 Å². The number of anilines is 1. The van der Waals surface area contributed by atoms with Gasteiger partial charge in [0, 0.05) is 29.9 Å². The topological polar surface area (TPSA) is 88.8 Å². The Morgan fingerprint density at radius 2 is 2.09 bits per heavy atom. The van der Waals surface area contributed by atoms with Crippen LogP contribution in [0.5, 0.6) is 5.75 Å². The second-order valence-electron chi connectivity index (χ2n) is 7.68. The quantitative estimate of drug-likeness (QED) is 0.495. The van der Waals surface area contributed by atoms with E-state index in [1.165, 1.54) is 24.3 Å². The van der Waals surface area contributed by atoms with Crippen molar-refractivity contribution in [2.24, 2.45) is 0 Å². The maximum atomic E-state index is 14.3. The van der Waals surface area contributed by atoms with Crippen LogP contribution in [-0.2, 0) is 4.79 Å². The second kappa shape index (κ2) is 8.57. The van der Waals surface area contributed by atoms with Gasteiger partial charge >= 0.3 is 0 Å². The van der Waals surface area contributed by atoms with E-state index in [-0.39, 0.29) is 56.2 Å².